The lowest BCUT2D eigenvalue weighted by Gasteiger charge is -2.20. The van der Waals surface area contributed by atoms with Gasteiger partial charge in [-0.25, -0.2) is 0 Å². The lowest BCUT2D eigenvalue weighted by atomic mass is 9.92. The third kappa shape index (κ3) is 5.09. The number of para-hydroxylation sites is 1. The Hall–Kier alpha value is -2.29. The minimum Gasteiger partial charge on any atom is -0.494 e. The van der Waals surface area contributed by atoms with Crippen molar-refractivity contribution < 1.29 is 9.53 Å². The highest BCUT2D eigenvalue weighted by molar-refractivity contribution is 5.94. The molecule has 0 aromatic heterocycles. The maximum atomic E-state index is 12.6. The summed E-state index contributed by atoms with van der Waals surface area (Å²) in [6, 6.07) is 14.0. The van der Waals surface area contributed by atoms with Crippen molar-refractivity contribution in [2.45, 2.75) is 52.9 Å². The molecule has 0 aliphatic heterocycles. The SMILES string of the molecule is CCOc1ccc(CC(=O)Nc2c(C(C)C)cccc2C(C)C)cc1. The van der Waals surface area contributed by atoms with Crippen LogP contribution in [0, 0.1) is 0 Å². The maximum absolute atomic E-state index is 12.6. The number of carbonyl (C=O) groups excluding carboxylic acids is 1. The summed E-state index contributed by atoms with van der Waals surface area (Å²) in [5.74, 6) is 1.57. The van der Waals surface area contributed by atoms with Crippen molar-refractivity contribution in [1.82, 2.24) is 0 Å². The summed E-state index contributed by atoms with van der Waals surface area (Å²) in [4.78, 5) is 12.6. The van der Waals surface area contributed by atoms with E-state index in [9.17, 15) is 4.79 Å². The van der Waals surface area contributed by atoms with Gasteiger partial charge in [-0.15, -0.1) is 0 Å². The zero-order chi connectivity index (χ0) is 18.4. The minimum absolute atomic E-state index is 0.0131. The Labute approximate surface area is 151 Å². The van der Waals surface area contributed by atoms with E-state index in [-0.39, 0.29) is 5.91 Å². The molecule has 2 rings (SSSR count). The molecule has 0 spiro atoms. The summed E-state index contributed by atoms with van der Waals surface area (Å²) in [6.45, 7) is 11.2. The molecular formula is C22H29NO2. The molecule has 3 heteroatoms. The first-order valence-corrected chi connectivity index (χ1v) is 9.06. The number of benzene rings is 2. The average Bonchev–Trinajstić information content (AvgIpc) is 2.56. The summed E-state index contributed by atoms with van der Waals surface area (Å²) < 4.78 is 5.45. The van der Waals surface area contributed by atoms with Gasteiger partial charge in [0.25, 0.3) is 0 Å². The summed E-state index contributed by atoms with van der Waals surface area (Å²) >= 11 is 0. The predicted octanol–water partition coefficient (Wildman–Crippen LogP) is 5.51. The van der Waals surface area contributed by atoms with E-state index in [1.54, 1.807) is 0 Å². The zero-order valence-electron chi connectivity index (χ0n) is 15.9. The highest BCUT2D eigenvalue weighted by atomic mass is 16.5. The zero-order valence-corrected chi connectivity index (χ0v) is 15.9. The average molecular weight is 339 g/mol. The molecule has 0 atom stereocenters. The number of rotatable bonds is 7. The molecule has 0 unspecified atom stereocenters. The molecule has 0 fully saturated rings. The molecule has 0 bridgehead atoms. The van der Waals surface area contributed by atoms with E-state index in [4.69, 9.17) is 4.74 Å². The molecule has 0 saturated heterocycles. The molecule has 25 heavy (non-hydrogen) atoms. The topological polar surface area (TPSA) is 38.3 Å². The second-order valence-electron chi connectivity index (χ2n) is 6.92. The summed E-state index contributed by atoms with van der Waals surface area (Å²) in [5.41, 5.74) is 4.33. The third-order valence-electron chi connectivity index (χ3n) is 4.24. The second kappa shape index (κ2) is 8.70. The van der Waals surface area contributed by atoms with E-state index in [1.165, 1.54) is 11.1 Å². The monoisotopic (exact) mass is 339 g/mol. The first kappa shape index (κ1) is 19.0. The number of ether oxygens (including phenoxy) is 1. The molecule has 2 aromatic rings. The van der Waals surface area contributed by atoms with Crippen LogP contribution in [0.2, 0.25) is 0 Å². The summed E-state index contributed by atoms with van der Waals surface area (Å²) in [7, 11) is 0. The van der Waals surface area contributed by atoms with Crippen LogP contribution in [0.25, 0.3) is 0 Å². The van der Waals surface area contributed by atoms with Crippen LogP contribution < -0.4 is 10.1 Å². The lowest BCUT2D eigenvalue weighted by Crippen LogP contribution is -2.17. The van der Waals surface area contributed by atoms with Crippen LogP contribution in [0.5, 0.6) is 5.75 Å². The molecule has 0 aliphatic rings. The standard InChI is InChI=1S/C22H29NO2/c1-6-25-18-12-10-17(11-13-18)14-21(24)23-22-19(15(2)3)8-7-9-20(22)16(4)5/h7-13,15-16H,6,14H2,1-5H3,(H,23,24). The molecule has 2 aromatic carbocycles. The van der Waals surface area contributed by atoms with Crippen molar-refractivity contribution in [3.05, 3.63) is 59.2 Å². The fourth-order valence-corrected chi connectivity index (χ4v) is 2.93. The van der Waals surface area contributed by atoms with Crippen molar-refractivity contribution in [3.8, 4) is 5.75 Å². The molecule has 1 N–H and O–H groups in total. The van der Waals surface area contributed by atoms with Crippen LogP contribution in [-0.2, 0) is 11.2 Å². The highest BCUT2D eigenvalue weighted by Crippen LogP contribution is 2.32. The Morgan fingerprint density at radius 2 is 1.52 bits per heavy atom. The van der Waals surface area contributed by atoms with Gasteiger partial charge in [-0.3, -0.25) is 4.79 Å². The van der Waals surface area contributed by atoms with Crippen LogP contribution in [-0.4, -0.2) is 12.5 Å². The maximum Gasteiger partial charge on any atom is 0.228 e. The van der Waals surface area contributed by atoms with Gasteiger partial charge in [-0.1, -0.05) is 58.0 Å². The number of carbonyl (C=O) groups is 1. The second-order valence-corrected chi connectivity index (χ2v) is 6.92. The van der Waals surface area contributed by atoms with Gasteiger partial charge < -0.3 is 10.1 Å². The van der Waals surface area contributed by atoms with Gasteiger partial charge in [0.2, 0.25) is 5.91 Å². The molecule has 0 saturated carbocycles. The van der Waals surface area contributed by atoms with Crippen molar-refractivity contribution in [2.75, 3.05) is 11.9 Å². The Morgan fingerprint density at radius 3 is 2.00 bits per heavy atom. The van der Waals surface area contributed by atoms with Gasteiger partial charge in [0, 0.05) is 5.69 Å². The number of hydrogen-bond donors (Lipinski definition) is 1. The summed E-state index contributed by atoms with van der Waals surface area (Å²) in [5, 5.41) is 3.16. The predicted molar refractivity (Wildman–Crippen MR) is 105 cm³/mol. The molecular weight excluding hydrogens is 310 g/mol. The van der Waals surface area contributed by atoms with Crippen molar-refractivity contribution in [2.24, 2.45) is 0 Å². The fraction of sp³-hybridized carbons (Fsp3) is 0.409. The van der Waals surface area contributed by atoms with Gasteiger partial charge in [0.15, 0.2) is 0 Å². The van der Waals surface area contributed by atoms with Gasteiger partial charge in [-0.2, -0.15) is 0 Å². The van der Waals surface area contributed by atoms with Gasteiger partial charge in [0.05, 0.1) is 13.0 Å². The Balaban J connectivity index is 2.17. The van der Waals surface area contributed by atoms with Crippen LogP contribution >= 0.6 is 0 Å². The van der Waals surface area contributed by atoms with Crippen LogP contribution in [0.3, 0.4) is 0 Å². The fourth-order valence-electron chi connectivity index (χ4n) is 2.93. The Kier molecular flexibility index (Phi) is 6.63. The number of amides is 1. The lowest BCUT2D eigenvalue weighted by molar-refractivity contribution is -0.115. The Bertz CT molecular complexity index is 676. The number of anilines is 1. The molecule has 3 nitrogen and oxygen atoms in total. The third-order valence-corrected chi connectivity index (χ3v) is 4.24. The first-order chi connectivity index (χ1) is 11.9. The smallest absolute Gasteiger partial charge is 0.228 e. The van der Waals surface area contributed by atoms with E-state index in [2.05, 4.69) is 51.2 Å². The van der Waals surface area contributed by atoms with E-state index in [0.717, 1.165) is 17.0 Å². The molecule has 1 amide bonds. The van der Waals surface area contributed by atoms with Crippen LogP contribution in [0.1, 0.15) is 63.1 Å². The van der Waals surface area contributed by atoms with E-state index in [0.29, 0.717) is 24.9 Å². The van der Waals surface area contributed by atoms with Gasteiger partial charge in [-0.05, 0) is 47.6 Å². The molecule has 0 heterocycles. The quantitative estimate of drug-likeness (QED) is 0.722. The van der Waals surface area contributed by atoms with Crippen LogP contribution in [0.15, 0.2) is 42.5 Å². The highest BCUT2D eigenvalue weighted by Gasteiger charge is 2.16. The largest absolute Gasteiger partial charge is 0.494 e. The minimum atomic E-state index is 0.0131. The van der Waals surface area contributed by atoms with E-state index < -0.39 is 0 Å². The van der Waals surface area contributed by atoms with E-state index in [1.807, 2.05) is 31.2 Å². The first-order valence-electron chi connectivity index (χ1n) is 9.06. The molecule has 134 valence electrons. The van der Waals surface area contributed by atoms with E-state index >= 15 is 0 Å². The van der Waals surface area contributed by atoms with Crippen molar-refractivity contribution in [3.63, 3.8) is 0 Å². The molecule has 0 radical (unpaired) electrons. The van der Waals surface area contributed by atoms with Gasteiger partial charge >= 0.3 is 0 Å². The molecule has 0 aliphatic carbocycles. The van der Waals surface area contributed by atoms with Gasteiger partial charge in [0.1, 0.15) is 5.75 Å². The summed E-state index contributed by atoms with van der Waals surface area (Å²) in [6.07, 6.45) is 0.358. The Morgan fingerprint density at radius 1 is 0.960 bits per heavy atom. The number of nitrogens with one attached hydrogen (secondary N) is 1. The normalized spacial score (nSPS) is 11.0. The van der Waals surface area contributed by atoms with Crippen molar-refractivity contribution in [1.29, 1.82) is 0 Å². The number of hydrogen-bond acceptors (Lipinski definition) is 2. The van der Waals surface area contributed by atoms with Crippen molar-refractivity contribution >= 4 is 11.6 Å². The van der Waals surface area contributed by atoms with Crippen LogP contribution in [0.4, 0.5) is 5.69 Å².